The quantitative estimate of drug-likeness (QED) is 0.769. The van der Waals surface area contributed by atoms with Gasteiger partial charge in [0, 0.05) is 25.4 Å². The van der Waals surface area contributed by atoms with E-state index in [1.165, 1.54) is 0 Å². The van der Waals surface area contributed by atoms with Crippen LogP contribution in [0, 0.1) is 0 Å². The molecule has 0 aliphatic carbocycles. The Hall–Kier alpha value is -3.08. The molecule has 2 aromatic carbocycles. The van der Waals surface area contributed by atoms with E-state index < -0.39 is 0 Å². The first-order valence-electron chi connectivity index (χ1n) is 8.55. The predicted octanol–water partition coefficient (Wildman–Crippen LogP) is 3.11. The first-order chi connectivity index (χ1) is 12.4. The molecule has 1 aromatic heterocycles. The second-order valence-electron chi connectivity index (χ2n) is 6.60. The third-order valence-electron chi connectivity index (χ3n) is 4.05. The molecule has 0 aliphatic heterocycles. The fourth-order valence-corrected chi connectivity index (χ4v) is 2.77. The van der Waals surface area contributed by atoms with E-state index in [4.69, 9.17) is 4.74 Å². The van der Waals surface area contributed by atoms with Gasteiger partial charge in [-0.15, -0.1) is 0 Å². The molecule has 0 spiro atoms. The first kappa shape index (κ1) is 17.7. The van der Waals surface area contributed by atoms with Gasteiger partial charge in [-0.1, -0.05) is 18.2 Å². The summed E-state index contributed by atoms with van der Waals surface area (Å²) in [5.74, 6) is 0.524. The maximum Gasteiger partial charge on any atom is 0.258 e. The number of hydrogen-bond donors (Lipinski definition) is 1. The molecule has 3 aromatic rings. The van der Waals surface area contributed by atoms with Crippen LogP contribution in [0.1, 0.15) is 13.8 Å². The number of fused-ring (bicyclic) bond motifs is 1. The number of ether oxygens (including phenoxy) is 1. The molecule has 0 aliphatic rings. The topological polar surface area (TPSA) is 60.3 Å². The van der Waals surface area contributed by atoms with Crippen LogP contribution in [0.15, 0.2) is 59.5 Å². The fourth-order valence-electron chi connectivity index (χ4n) is 2.77. The molecule has 0 atom stereocenters. The Balaban J connectivity index is 1.80. The molecular weight excluding hydrogens is 328 g/mol. The van der Waals surface area contributed by atoms with Crippen molar-refractivity contribution in [1.82, 2.24) is 9.88 Å². The number of carbonyl (C=O) groups is 1. The molecule has 1 heterocycles. The number of pyridine rings is 1. The van der Waals surface area contributed by atoms with E-state index in [0.717, 1.165) is 21.9 Å². The maximum absolute atomic E-state index is 11.7. The van der Waals surface area contributed by atoms with Gasteiger partial charge in [0.25, 0.3) is 5.91 Å². The Morgan fingerprint density at radius 1 is 1.04 bits per heavy atom. The van der Waals surface area contributed by atoms with E-state index in [1.54, 1.807) is 17.7 Å². The van der Waals surface area contributed by atoms with Crippen molar-refractivity contribution < 1.29 is 9.53 Å². The number of nitrogens with zero attached hydrogens (tertiary/aromatic N) is 1. The Bertz CT molecular complexity index is 1010. The monoisotopic (exact) mass is 350 g/mol. The van der Waals surface area contributed by atoms with Crippen LogP contribution < -0.4 is 15.6 Å². The van der Waals surface area contributed by atoms with Gasteiger partial charge in [-0.2, -0.15) is 0 Å². The lowest BCUT2D eigenvalue weighted by atomic mass is 10.0. The van der Waals surface area contributed by atoms with Gasteiger partial charge in [0.1, 0.15) is 5.75 Å². The van der Waals surface area contributed by atoms with Crippen LogP contribution in [0.2, 0.25) is 0 Å². The van der Waals surface area contributed by atoms with Crippen molar-refractivity contribution in [3.8, 4) is 16.9 Å². The minimum Gasteiger partial charge on any atom is -0.484 e. The van der Waals surface area contributed by atoms with E-state index in [-0.39, 0.29) is 24.1 Å². The van der Waals surface area contributed by atoms with Crippen molar-refractivity contribution in [3.05, 3.63) is 65.1 Å². The zero-order chi connectivity index (χ0) is 18.7. The van der Waals surface area contributed by atoms with Gasteiger partial charge in [0.15, 0.2) is 6.61 Å². The van der Waals surface area contributed by atoms with Crippen LogP contribution in [0.5, 0.6) is 5.75 Å². The van der Waals surface area contributed by atoms with Crippen LogP contribution in [0.25, 0.3) is 21.9 Å². The van der Waals surface area contributed by atoms with Gasteiger partial charge in [0.2, 0.25) is 5.56 Å². The van der Waals surface area contributed by atoms with Crippen LogP contribution in [-0.4, -0.2) is 23.1 Å². The van der Waals surface area contributed by atoms with Crippen molar-refractivity contribution in [1.29, 1.82) is 0 Å². The molecule has 3 rings (SSSR count). The summed E-state index contributed by atoms with van der Waals surface area (Å²) in [5.41, 5.74) is 2.00. The minimum absolute atomic E-state index is 0.000184. The number of nitrogens with one attached hydrogen (secondary N) is 1. The van der Waals surface area contributed by atoms with Crippen molar-refractivity contribution in [3.63, 3.8) is 0 Å². The standard InChI is InChI=1S/C21H22N2O3/c1-14(2)22-20(24)13-26-19-8-6-15-10-16(4-5-17(15)11-19)18-7-9-21(25)23(3)12-18/h4-12,14H,13H2,1-3H3,(H,22,24). The van der Waals surface area contributed by atoms with Gasteiger partial charge in [-0.05, 0) is 60.0 Å². The SMILES string of the molecule is CC(C)NC(=O)COc1ccc2cc(-c3ccc(=O)n(C)c3)ccc2c1. The second kappa shape index (κ2) is 7.44. The van der Waals surface area contributed by atoms with Crippen molar-refractivity contribution >= 4 is 16.7 Å². The smallest absolute Gasteiger partial charge is 0.258 e. The summed E-state index contributed by atoms with van der Waals surface area (Å²) in [7, 11) is 1.74. The van der Waals surface area contributed by atoms with E-state index in [1.807, 2.05) is 56.4 Å². The van der Waals surface area contributed by atoms with Crippen molar-refractivity contribution in [2.75, 3.05) is 6.61 Å². The number of amides is 1. The average molecular weight is 350 g/mol. The third-order valence-corrected chi connectivity index (χ3v) is 4.05. The number of aryl methyl sites for hydroxylation is 1. The third kappa shape index (κ3) is 4.11. The number of benzene rings is 2. The van der Waals surface area contributed by atoms with Gasteiger partial charge in [-0.3, -0.25) is 9.59 Å². The van der Waals surface area contributed by atoms with Crippen molar-refractivity contribution in [2.24, 2.45) is 7.05 Å². The molecule has 1 N–H and O–H groups in total. The van der Waals surface area contributed by atoms with Gasteiger partial charge in [0.05, 0.1) is 0 Å². The first-order valence-corrected chi connectivity index (χ1v) is 8.55. The molecule has 134 valence electrons. The highest BCUT2D eigenvalue weighted by Crippen LogP contribution is 2.26. The van der Waals surface area contributed by atoms with E-state index in [2.05, 4.69) is 11.4 Å². The lowest BCUT2D eigenvalue weighted by molar-refractivity contribution is -0.123. The molecule has 5 nitrogen and oxygen atoms in total. The summed E-state index contributed by atoms with van der Waals surface area (Å²) in [4.78, 5) is 23.2. The molecule has 0 bridgehead atoms. The van der Waals surface area contributed by atoms with Gasteiger partial charge >= 0.3 is 0 Å². The minimum atomic E-state index is -0.134. The summed E-state index contributed by atoms with van der Waals surface area (Å²) in [6.45, 7) is 3.83. The number of aromatic nitrogens is 1. The molecule has 0 saturated heterocycles. The highest BCUT2D eigenvalue weighted by atomic mass is 16.5. The second-order valence-corrected chi connectivity index (χ2v) is 6.60. The lowest BCUT2D eigenvalue weighted by Gasteiger charge is -2.11. The molecule has 1 amide bonds. The highest BCUT2D eigenvalue weighted by molar-refractivity contribution is 5.88. The van der Waals surface area contributed by atoms with Crippen molar-refractivity contribution in [2.45, 2.75) is 19.9 Å². The summed E-state index contributed by atoms with van der Waals surface area (Å²) >= 11 is 0. The maximum atomic E-state index is 11.7. The normalized spacial score (nSPS) is 10.9. The van der Waals surface area contributed by atoms with Gasteiger partial charge < -0.3 is 14.6 Å². The number of hydrogen-bond acceptors (Lipinski definition) is 3. The van der Waals surface area contributed by atoms with Crippen LogP contribution >= 0.6 is 0 Å². The van der Waals surface area contributed by atoms with Crippen LogP contribution in [0.3, 0.4) is 0 Å². The Morgan fingerprint density at radius 3 is 2.46 bits per heavy atom. The zero-order valence-corrected chi connectivity index (χ0v) is 15.2. The Labute approximate surface area is 152 Å². The summed E-state index contributed by atoms with van der Waals surface area (Å²) in [5, 5.41) is 4.89. The summed E-state index contributed by atoms with van der Waals surface area (Å²) in [6, 6.07) is 15.3. The predicted molar refractivity (Wildman–Crippen MR) is 103 cm³/mol. The largest absolute Gasteiger partial charge is 0.484 e. The van der Waals surface area contributed by atoms with Crippen LogP contribution in [-0.2, 0) is 11.8 Å². The molecule has 5 heteroatoms. The molecule has 26 heavy (non-hydrogen) atoms. The molecular formula is C21H22N2O3. The van der Waals surface area contributed by atoms with E-state index in [9.17, 15) is 9.59 Å². The van der Waals surface area contributed by atoms with Crippen LogP contribution in [0.4, 0.5) is 0 Å². The Morgan fingerprint density at radius 2 is 1.73 bits per heavy atom. The highest BCUT2D eigenvalue weighted by Gasteiger charge is 2.06. The molecule has 0 unspecified atom stereocenters. The summed E-state index contributed by atoms with van der Waals surface area (Å²) in [6.07, 6.45) is 1.83. The van der Waals surface area contributed by atoms with Gasteiger partial charge in [-0.25, -0.2) is 0 Å². The molecule has 0 radical (unpaired) electrons. The number of rotatable bonds is 5. The molecule has 0 saturated carbocycles. The lowest BCUT2D eigenvalue weighted by Crippen LogP contribution is -2.34. The number of carbonyl (C=O) groups excluding carboxylic acids is 1. The zero-order valence-electron chi connectivity index (χ0n) is 15.2. The fraction of sp³-hybridized carbons (Fsp3) is 0.238. The van der Waals surface area contributed by atoms with E-state index in [0.29, 0.717) is 5.75 Å². The summed E-state index contributed by atoms with van der Waals surface area (Å²) < 4.78 is 7.14. The molecule has 0 fully saturated rings. The Kier molecular flexibility index (Phi) is 5.07. The average Bonchev–Trinajstić information content (AvgIpc) is 2.61. The van der Waals surface area contributed by atoms with E-state index >= 15 is 0 Å².